The molecule has 6 nitrogen and oxygen atoms in total. The molecule has 1 aliphatic heterocycles. The van der Waals surface area contributed by atoms with Gasteiger partial charge in [-0.15, -0.1) is 0 Å². The predicted molar refractivity (Wildman–Crippen MR) is 55.1 cm³/mol. The fourth-order valence-corrected chi connectivity index (χ4v) is 1.86. The largest absolute Gasteiger partial charge is 0.479 e. The Morgan fingerprint density at radius 1 is 1.25 bits per heavy atom. The number of carbonyl (C=O) groups is 2. The molecule has 4 N–H and O–H groups in total. The summed E-state index contributed by atoms with van der Waals surface area (Å²) in [4.78, 5) is 21.4. The number of aliphatic hydroxyl groups is 1. The molecule has 0 spiro atoms. The van der Waals surface area contributed by atoms with Crippen molar-refractivity contribution < 1.29 is 24.9 Å². The molecule has 0 amide bonds. The Labute approximate surface area is 93.3 Å². The van der Waals surface area contributed by atoms with E-state index in [2.05, 4.69) is 5.32 Å². The molecule has 1 unspecified atom stereocenters. The van der Waals surface area contributed by atoms with E-state index in [-0.39, 0.29) is 12.5 Å². The third-order valence-corrected chi connectivity index (χ3v) is 2.97. The smallest absolute Gasteiger partial charge is 0.347 e. The normalized spacial score (nSPS) is 21.7. The highest BCUT2D eigenvalue weighted by molar-refractivity contribution is 6.01. The van der Waals surface area contributed by atoms with Crippen molar-refractivity contribution in [3.05, 3.63) is 0 Å². The van der Waals surface area contributed by atoms with Crippen molar-refractivity contribution in [1.29, 1.82) is 0 Å². The average molecular weight is 231 g/mol. The number of rotatable bonds is 5. The molecule has 0 radical (unpaired) electrons. The van der Waals surface area contributed by atoms with Crippen LogP contribution in [0.1, 0.15) is 32.1 Å². The standard InChI is InChI=1S/C10H17NO5/c12-8(13)10(16,9(14)15)5-4-7-3-1-2-6-11-7/h7,11,16H,1-6H2,(H,12,13)(H,14,15). The van der Waals surface area contributed by atoms with Crippen LogP contribution in [0.2, 0.25) is 0 Å². The Kier molecular flexibility index (Phi) is 4.26. The van der Waals surface area contributed by atoms with Crippen molar-refractivity contribution in [2.24, 2.45) is 0 Å². The molecule has 0 saturated carbocycles. The molecule has 0 aliphatic carbocycles. The van der Waals surface area contributed by atoms with Gasteiger partial charge in [-0.05, 0) is 32.2 Å². The summed E-state index contributed by atoms with van der Waals surface area (Å²) in [6, 6.07) is 0.110. The molecule has 1 aliphatic rings. The molecule has 0 aromatic carbocycles. The molecular formula is C10H17NO5. The van der Waals surface area contributed by atoms with Crippen LogP contribution in [0.5, 0.6) is 0 Å². The van der Waals surface area contributed by atoms with Crippen LogP contribution in [-0.4, -0.2) is 45.4 Å². The molecule has 1 atom stereocenters. The fraction of sp³-hybridized carbons (Fsp3) is 0.800. The quantitative estimate of drug-likeness (QED) is 0.488. The zero-order valence-electron chi connectivity index (χ0n) is 8.98. The summed E-state index contributed by atoms with van der Waals surface area (Å²) in [5.74, 6) is -3.40. The van der Waals surface area contributed by atoms with Crippen molar-refractivity contribution >= 4 is 11.9 Å². The second-order valence-electron chi connectivity index (χ2n) is 4.16. The number of carboxylic acid groups (broad SMARTS) is 2. The van der Waals surface area contributed by atoms with Gasteiger partial charge in [-0.2, -0.15) is 0 Å². The highest BCUT2D eigenvalue weighted by atomic mass is 16.4. The number of carboxylic acids is 2. The summed E-state index contributed by atoms with van der Waals surface area (Å²) in [5, 5.41) is 30.0. The van der Waals surface area contributed by atoms with E-state index in [0.29, 0.717) is 6.42 Å². The monoisotopic (exact) mass is 231 g/mol. The van der Waals surface area contributed by atoms with Gasteiger partial charge in [-0.25, -0.2) is 9.59 Å². The van der Waals surface area contributed by atoms with Gasteiger partial charge < -0.3 is 20.6 Å². The maximum absolute atomic E-state index is 10.7. The van der Waals surface area contributed by atoms with Crippen LogP contribution >= 0.6 is 0 Å². The third-order valence-electron chi connectivity index (χ3n) is 2.97. The van der Waals surface area contributed by atoms with Gasteiger partial charge in [0.25, 0.3) is 5.60 Å². The minimum Gasteiger partial charge on any atom is -0.479 e. The van der Waals surface area contributed by atoms with Gasteiger partial charge >= 0.3 is 11.9 Å². The van der Waals surface area contributed by atoms with Gasteiger partial charge in [-0.1, -0.05) is 6.42 Å². The lowest BCUT2D eigenvalue weighted by Gasteiger charge is -2.26. The number of aliphatic carboxylic acids is 2. The number of piperidine rings is 1. The van der Waals surface area contributed by atoms with Crippen molar-refractivity contribution in [2.75, 3.05) is 6.54 Å². The summed E-state index contributed by atoms with van der Waals surface area (Å²) in [7, 11) is 0. The average Bonchev–Trinajstić information content (AvgIpc) is 2.26. The van der Waals surface area contributed by atoms with Crippen LogP contribution in [0.4, 0.5) is 0 Å². The van der Waals surface area contributed by atoms with Gasteiger partial charge in [0.05, 0.1) is 0 Å². The Morgan fingerprint density at radius 3 is 2.31 bits per heavy atom. The Morgan fingerprint density at radius 2 is 1.88 bits per heavy atom. The van der Waals surface area contributed by atoms with Crippen LogP contribution < -0.4 is 5.32 Å². The van der Waals surface area contributed by atoms with Crippen molar-refractivity contribution in [2.45, 2.75) is 43.7 Å². The van der Waals surface area contributed by atoms with Crippen LogP contribution in [0.25, 0.3) is 0 Å². The lowest BCUT2D eigenvalue weighted by atomic mass is 9.92. The van der Waals surface area contributed by atoms with Gasteiger partial charge in [-0.3, -0.25) is 0 Å². The maximum atomic E-state index is 10.7. The molecule has 1 rings (SSSR count). The van der Waals surface area contributed by atoms with E-state index >= 15 is 0 Å². The molecule has 0 bridgehead atoms. The van der Waals surface area contributed by atoms with E-state index in [1.165, 1.54) is 0 Å². The van der Waals surface area contributed by atoms with Crippen LogP contribution in [0.15, 0.2) is 0 Å². The van der Waals surface area contributed by atoms with Gasteiger partial charge in [0.2, 0.25) is 0 Å². The highest BCUT2D eigenvalue weighted by Gasteiger charge is 2.44. The lowest BCUT2D eigenvalue weighted by molar-refractivity contribution is -0.176. The Balaban J connectivity index is 2.49. The second kappa shape index (κ2) is 5.27. The second-order valence-corrected chi connectivity index (χ2v) is 4.16. The topological polar surface area (TPSA) is 107 Å². The van der Waals surface area contributed by atoms with E-state index in [0.717, 1.165) is 25.8 Å². The molecule has 1 saturated heterocycles. The highest BCUT2D eigenvalue weighted by Crippen LogP contribution is 2.19. The summed E-state index contributed by atoms with van der Waals surface area (Å²) in [6.07, 6.45) is 3.12. The number of hydrogen-bond acceptors (Lipinski definition) is 4. The first kappa shape index (κ1) is 12.9. The number of hydrogen-bond donors (Lipinski definition) is 4. The zero-order valence-corrected chi connectivity index (χ0v) is 8.98. The van der Waals surface area contributed by atoms with E-state index < -0.39 is 17.5 Å². The van der Waals surface area contributed by atoms with Gasteiger partial charge in [0, 0.05) is 6.04 Å². The SMILES string of the molecule is O=C(O)C(O)(CCC1CCCCN1)C(=O)O. The van der Waals surface area contributed by atoms with E-state index in [9.17, 15) is 14.7 Å². The maximum Gasteiger partial charge on any atom is 0.347 e. The molecule has 1 fully saturated rings. The summed E-state index contributed by atoms with van der Waals surface area (Å²) >= 11 is 0. The molecule has 1 heterocycles. The molecule has 0 aromatic heterocycles. The lowest BCUT2D eigenvalue weighted by Crippen LogP contribution is -2.48. The van der Waals surface area contributed by atoms with Crippen LogP contribution in [0, 0.1) is 0 Å². The van der Waals surface area contributed by atoms with E-state index in [1.807, 2.05) is 0 Å². The van der Waals surface area contributed by atoms with Gasteiger partial charge in [0.15, 0.2) is 0 Å². The van der Waals surface area contributed by atoms with E-state index in [1.54, 1.807) is 0 Å². The first-order valence-electron chi connectivity index (χ1n) is 5.39. The summed E-state index contributed by atoms with van der Waals surface area (Å²) < 4.78 is 0. The van der Waals surface area contributed by atoms with Crippen LogP contribution in [0.3, 0.4) is 0 Å². The van der Waals surface area contributed by atoms with E-state index in [4.69, 9.17) is 10.2 Å². The van der Waals surface area contributed by atoms with Crippen molar-refractivity contribution in [3.8, 4) is 0 Å². The van der Waals surface area contributed by atoms with Gasteiger partial charge in [0.1, 0.15) is 0 Å². The zero-order chi connectivity index (χ0) is 12.2. The van der Waals surface area contributed by atoms with Crippen LogP contribution in [-0.2, 0) is 9.59 Å². The molecule has 6 heteroatoms. The molecule has 92 valence electrons. The first-order valence-corrected chi connectivity index (χ1v) is 5.39. The summed E-state index contributed by atoms with van der Waals surface area (Å²) in [6.45, 7) is 0.864. The minimum absolute atomic E-state index is 0.110. The Bertz CT molecular complexity index is 258. The molecular weight excluding hydrogens is 214 g/mol. The molecule has 16 heavy (non-hydrogen) atoms. The predicted octanol–water partition coefficient (Wildman–Crippen LogP) is -0.191. The third kappa shape index (κ3) is 2.93. The molecule has 0 aromatic rings. The van der Waals surface area contributed by atoms with Crippen molar-refractivity contribution in [3.63, 3.8) is 0 Å². The minimum atomic E-state index is -2.65. The van der Waals surface area contributed by atoms with Crippen molar-refractivity contribution in [1.82, 2.24) is 5.32 Å². The summed E-state index contributed by atoms with van der Waals surface area (Å²) in [5.41, 5.74) is -2.65. The first-order chi connectivity index (χ1) is 7.47. The fourth-order valence-electron chi connectivity index (χ4n) is 1.86. The number of nitrogens with one attached hydrogen (secondary N) is 1. The Hall–Kier alpha value is -1.14.